The normalized spacial score (nSPS) is 10.6. The Morgan fingerprint density at radius 2 is 1.84 bits per heavy atom. The summed E-state index contributed by atoms with van der Waals surface area (Å²) in [6.07, 6.45) is 2.51. The summed E-state index contributed by atoms with van der Waals surface area (Å²) in [7, 11) is 0. The predicted molar refractivity (Wildman–Crippen MR) is 98.3 cm³/mol. The van der Waals surface area contributed by atoms with Crippen molar-refractivity contribution >= 4 is 17.5 Å². The lowest BCUT2D eigenvalue weighted by atomic mass is 10.1. The van der Waals surface area contributed by atoms with Crippen molar-refractivity contribution in [2.45, 2.75) is 26.3 Å². The Balaban J connectivity index is 1.49. The quantitative estimate of drug-likeness (QED) is 0.706. The van der Waals surface area contributed by atoms with Crippen molar-refractivity contribution in [2.24, 2.45) is 0 Å². The van der Waals surface area contributed by atoms with Crippen LogP contribution in [-0.2, 0) is 17.8 Å². The van der Waals surface area contributed by atoms with E-state index < -0.39 is 0 Å². The van der Waals surface area contributed by atoms with Gasteiger partial charge in [-0.25, -0.2) is 4.98 Å². The SMILES string of the molecule is Cc1ccc(-c2cnc(CCC(=O)NCc3ccc(Cl)cc3)o2)cc1. The van der Waals surface area contributed by atoms with Gasteiger partial charge in [-0.05, 0) is 24.6 Å². The number of benzene rings is 2. The van der Waals surface area contributed by atoms with Gasteiger partial charge in [-0.2, -0.15) is 0 Å². The minimum Gasteiger partial charge on any atom is -0.441 e. The lowest BCUT2D eigenvalue weighted by molar-refractivity contribution is -0.121. The second-order valence-corrected chi connectivity index (χ2v) is 6.32. The first-order valence-electron chi connectivity index (χ1n) is 8.13. The fourth-order valence-corrected chi connectivity index (χ4v) is 2.51. The van der Waals surface area contributed by atoms with Gasteiger partial charge in [0.05, 0.1) is 6.20 Å². The fourth-order valence-electron chi connectivity index (χ4n) is 2.39. The summed E-state index contributed by atoms with van der Waals surface area (Å²) < 4.78 is 5.73. The van der Waals surface area contributed by atoms with Crippen molar-refractivity contribution in [3.8, 4) is 11.3 Å². The number of carbonyl (C=O) groups is 1. The Hall–Kier alpha value is -2.59. The van der Waals surface area contributed by atoms with E-state index in [1.165, 1.54) is 5.56 Å². The molecule has 0 saturated heterocycles. The number of nitrogens with zero attached hydrogens (tertiary/aromatic N) is 1. The molecule has 0 aliphatic heterocycles. The van der Waals surface area contributed by atoms with Gasteiger partial charge in [-0.15, -0.1) is 0 Å². The molecule has 0 bridgehead atoms. The molecule has 0 aliphatic carbocycles. The first-order valence-corrected chi connectivity index (χ1v) is 8.51. The maximum atomic E-state index is 12.0. The molecule has 128 valence electrons. The summed E-state index contributed by atoms with van der Waals surface area (Å²) in [6.45, 7) is 2.52. The number of halogens is 1. The smallest absolute Gasteiger partial charge is 0.220 e. The summed E-state index contributed by atoms with van der Waals surface area (Å²) in [4.78, 5) is 16.2. The molecule has 0 spiro atoms. The summed E-state index contributed by atoms with van der Waals surface area (Å²) in [5.74, 6) is 1.25. The molecule has 3 rings (SSSR count). The van der Waals surface area contributed by atoms with E-state index in [0.717, 1.165) is 16.9 Å². The van der Waals surface area contributed by atoms with Gasteiger partial charge in [0.15, 0.2) is 11.7 Å². The number of amides is 1. The third-order valence-corrected chi connectivity index (χ3v) is 4.11. The number of oxazole rings is 1. The number of carbonyl (C=O) groups excluding carboxylic acids is 1. The number of aromatic nitrogens is 1. The molecular weight excluding hydrogens is 336 g/mol. The van der Waals surface area contributed by atoms with Gasteiger partial charge in [-0.1, -0.05) is 53.6 Å². The van der Waals surface area contributed by atoms with Gasteiger partial charge in [0.2, 0.25) is 5.91 Å². The first kappa shape index (κ1) is 17.2. The van der Waals surface area contributed by atoms with E-state index in [4.69, 9.17) is 16.0 Å². The van der Waals surface area contributed by atoms with Crippen molar-refractivity contribution in [2.75, 3.05) is 0 Å². The lowest BCUT2D eigenvalue weighted by Crippen LogP contribution is -2.22. The molecule has 1 aromatic heterocycles. The highest BCUT2D eigenvalue weighted by atomic mass is 35.5. The first-order chi connectivity index (χ1) is 12.1. The maximum absolute atomic E-state index is 12.0. The summed E-state index contributed by atoms with van der Waals surface area (Å²) in [5.41, 5.74) is 3.19. The molecule has 3 aromatic rings. The standard InChI is InChI=1S/C20H19ClN2O2/c1-14-2-6-16(7-3-14)18-13-23-20(25-18)11-10-19(24)22-12-15-4-8-17(21)9-5-15/h2-9,13H,10-12H2,1H3,(H,22,24). The highest BCUT2D eigenvalue weighted by Gasteiger charge is 2.09. The zero-order valence-electron chi connectivity index (χ0n) is 14.0. The van der Waals surface area contributed by atoms with Crippen molar-refractivity contribution < 1.29 is 9.21 Å². The topological polar surface area (TPSA) is 55.1 Å². The highest BCUT2D eigenvalue weighted by molar-refractivity contribution is 6.30. The zero-order chi connectivity index (χ0) is 17.6. The molecular formula is C20H19ClN2O2. The van der Waals surface area contributed by atoms with Crippen LogP contribution in [0.25, 0.3) is 11.3 Å². The van der Waals surface area contributed by atoms with Gasteiger partial charge < -0.3 is 9.73 Å². The lowest BCUT2D eigenvalue weighted by Gasteiger charge is -2.04. The van der Waals surface area contributed by atoms with Crippen LogP contribution < -0.4 is 5.32 Å². The van der Waals surface area contributed by atoms with Crippen molar-refractivity contribution in [3.05, 3.63) is 76.8 Å². The van der Waals surface area contributed by atoms with E-state index in [9.17, 15) is 4.79 Å². The Kier molecular flexibility index (Phi) is 5.51. The molecule has 0 fully saturated rings. The number of nitrogens with one attached hydrogen (secondary N) is 1. The van der Waals surface area contributed by atoms with E-state index in [2.05, 4.69) is 10.3 Å². The maximum Gasteiger partial charge on any atom is 0.220 e. The van der Waals surface area contributed by atoms with Crippen LogP contribution in [0.15, 0.2) is 59.1 Å². The van der Waals surface area contributed by atoms with Gasteiger partial charge in [0, 0.05) is 30.0 Å². The van der Waals surface area contributed by atoms with Crippen LogP contribution in [0.4, 0.5) is 0 Å². The Morgan fingerprint density at radius 1 is 1.12 bits per heavy atom. The monoisotopic (exact) mass is 354 g/mol. The van der Waals surface area contributed by atoms with Crippen LogP contribution in [0.2, 0.25) is 5.02 Å². The van der Waals surface area contributed by atoms with Crippen LogP contribution in [0.1, 0.15) is 23.4 Å². The number of hydrogen-bond donors (Lipinski definition) is 1. The average molecular weight is 355 g/mol. The average Bonchev–Trinajstić information content (AvgIpc) is 3.09. The molecule has 4 nitrogen and oxygen atoms in total. The van der Waals surface area contributed by atoms with E-state index in [0.29, 0.717) is 30.3 Å². The minimum absolute atomic E-state index is 0.0370. The van der Waals surface area contributed by atoms with Gasteiger partial charge in [0.1, 0.15) is 0 Å². The zero-order valence-corrected chi connectivity index (χ0v) is 14.7. The molecule has 0 aliphatic rings. The van der Waals surface area contributed by atoms with E-state index in [1.54, 1.807) is 6.20 Å². The summed E-state index contributed by atoms with van der Waals surface area (Å²) in [5, 5.41) is 3.57. The van der Waals surface area contributed by atoms with Crippen LogP contribution >= 0.6 is 11.6 Å². The van der Waals surface area contributed by atoms with E-state index in [-0.39, 0.29) is 5.91 Å². The Labute approximate surface area is 151 Å². The van der Waals surface area contributed by atoms with Gasteiger partial charge in [-0.3, -0.25) is 4.79 Å². The number of hydrogen-bond acceptors (Lipinski definition) is 3. The fraction of sp³-hybridized carbons (Fsp3) is 0.200. The van der Waals surface area contributed by atoms with Crippen molar-refractivity contribution in [3.63, 3.8) is 0 Å². The molecule has 1 N–H and O–H groups in total. The van der Waals surface area contributed by atoms with Crippen LogP contribution in [0, 0.1) is 6.92 Å². The van der Waals surface area contributed by atoms with Gasteiger partial charge >= 0.3 is 0 Å². The van der Waals surface area contributed by atoms with Crippen LogP contribution in [0.5, 0.6) is 0 Å². The van der Waals surface area contributed by atoms with Crippen LogP contribution in [0.3, 0.4) is 0 Å². The summed E-state index contributed by atoms with van der Waals surface area (Å²) >= 11 is 5.84. The van der Waals surface area contributed by atoms with Crippen molar-refractivity contribution in [1.82, 2.24) is 10.3 Å². The molecule has 1 amide bonds. The molecule has 0 radical (unpaired) electrons. The molecule has 0 atom stereocenters. The largest absolute Gasteiger partial charge is 0.441 e. The minimum atomic E-state index is -0.0370. The number of rotatable bonds is 6. The molecule has 1 heterocycles. The van der Waals surface area contributed by atoms with E-state index in [1.807, 2.05) is 55.5 Å². The summed E-state index contributed by atoms with van der Waals surface area (Å²) in [6, 6.07) is 15.5. The second kappa shape index (κ2) is 7.99. The molecule has 0 unspecified atom stereocenters. The molecule has 2 aromatic carbocycles. The highest BCUT2D eigenvalue weighted by Crippen LogP contribution is 2.21. The molecule has 0 saturated carbocycles. The van der Waals surface area contributed by atoms with Crippen molar-refractivity contribution in [1.29, 1.82) is 0 Å². The number of aryl methyl sites for hydroxylation is 2. The second-order valence-electron chi connectivity index (χ2n) is 5.89. The molecule has 5 heteroatoms. The van der Waals surface area contributed by atoms with Crippen LogP contribution in [-0.4, -0.2) is 10.9 Å². The Bertz CT molecular complexity index is 839. The third-order valence-electron chi connectivity index (χ3n) is 3.86. The van der Waals surface area contributed by atoms with Gasteiger partial charge in [0.25, 0.3) is 0 Å². The molecule has 25 heavy (non-hydrogen) atoms. The Morgan fingerprint density at radius 3 is 2.56 bits per heavy atom. The van der Waals surface area contributed by atoms with E-state index >= 15 is 0 Å². The predicted octanol–water partition coefficient (Wildman–Crippen LogP) is 4.55. The third kappa shape index (κ3) is 4.94.